The van der Waals surface area contributed by atoms with Crippen molar-refractivity contribution in [3.05, 3.63) is 48.2 Å². The van der Waals surface area contributed by atoms with Gasteiger partial charge in [0.05, 0.1) is 24.4 Å². The fourth-order valence-electron chi connectivity index (χ4n) is 4.08. The maximum atomic E-state index is 12.9. The first-order valence-corrected chi connectivity index (χ1v) is 11.1. The number of rotatable bonds is 6. The predicted octanol–water partition coefficient (Wildman–Crippen LogP) is 1.79. The molecular formula is C24H25N5O5. The molecule has 1 fully saturated rings. The number of fused-ring (bicyclic) bond motifs is 2. The average molecular weight is 463 g/mol. The van der Waals surface area contributed by atoms with Crippen molar-refractivity contribution in [2.75, 3.05) is 25.6 Å². The number of anilines is 1. The lowest BCUT2D eigenvalue weighted by Crippen LogP contribution is -2.55. The molecule has 2 aliphatic rings. The lowest BCUT2D eigenvalue weighted by molar-refractivity contribution is -0.130. The van der Waals surface area contributed by atoms with Crippen molar-refractivity contribution < 1.29 is 23.8 Å². The van der Waals surface area contributed by atoms with E-state index in [9.17, 15) is 9.59 Å². The molecule has 1 aromatic carbocycles. The van der Waals surface area contributed by atoms with Gasteiger partial charge in [0.2, 0.25) is 17.7 Å². The molecule has 2 aliphatic heterocycles. The number of carbonyl (C=O) groups excluding carboxylic acids is 2. The van der Waals surface area contributed by atoms with Crippen molar-refractivity contribution in [3.63, 3.8) is 0 Å². The summed E-state index contributed by atoms with van der Waals surface area (Å²) in [6.07, 6.45) is 2.65. The SMILES string of the molecule is COc1ccc2nccc(NC(=O)[C@H]3CC[C@@H](NCc4ccc5c(c4)OCCO5)C(=O)N3)c2n1. The van der Waals surface area contributed by atoms with Crippen LogP contribution in [0.4, 0.5) is 5.69 Å². The first-order valence-electron chi connectivity index (χ1n) is 11.1. The number of carbonyl (C=O) groups is 2. The molecule has 1 saturated heterocycles. The van der Waals surface area contributed by atoms with E-state index in [1.165, 1.54) is 7.11 Å². The minimum Gasteiger partial charge on any atom is -0.486 e. The fraction of sp³-hybridized carbons (Fsp3) is 0.333. The fourth-order valence-corrected chi connectivity index (χ4v) is 4.08. The minimum absolute atomic E-state index is 0.205. The standard InChI is InChI=1S/C24H25N5O5/c1-32-21-7-5-15-22(29-21)16(8-9-25-15)27-24(31)18-4-3-17(23(30)28-18)26-13-14-2-6-19-20(12-14)34-11-10-33-19/h2,5-9,12,17-18,26H,3-4,10-11,13H2,1H3,(H,28,30)(H,25,27,31)/t17-,18-/m1/s1. The number of piperidine rings is 1. The summed E-state index contributed by atoms with van der Waals surface area (Å²) in [5.74, 6) is 1.37. The van der Waals surface area contributed by atoms with Crippen molar-refractivity contribution >= 4 is 28.5 Å². The van der Waals surface area contributed by atoms with Crippen LogP contribution in [0, 0.1) is 0 Å². The van der Waals surface area contributed by atoms with E-state index in [-0.39, 0.29) is 17.9 Å². The maximum Gasteiger partial charge on any atom is 0.247 e. The Balaban J connectivity index is 1.18. The molecule has 3 aromatic rings. The second kappa shape index (κ2) is 9.52. The molecule has 0 saturated carbocycles. The summed E-state index contributed by atoms with van der Waals surface area (Å²) in [5, 5.41) is 8.96. The first-order chi connectivity index (χ1) is 16.6. The number of benzene rings is 1. The van der Waals surface area contributed by atoms with Crippen molar-refractivity contribution in [1.82, 2.24) is 20.6 Å². The Morgan fingerprint density at radius 1 is 1.15 bits per heavy atom. The Morgan fingerprint density at radius 3 is 2.82 bits per heavy atom. The number of ether oxygens (including phenoxy) is 3. The minimum atomic E-state index is -0.631. The molecule has 5 rings (SSSR count). The van der Waals surface area contributed by atoms with Gasteiger partial charge >= 0.3 is 0 Å². The van der Waals surface area contributed by atoms with Crippen LogP contribution in [0.2, 0.25) is 0 Å². The van der Waals surface area contributed by atoms with Gasteiger partial charge in [-0.05, 0) is 42.7 Å². The van der Waals surface area contributed by atoms with E-state index in [0.717, 1.165) is 11.3 Å². The third-order valence-corrected chi connectivity index (χ3v) is 5.88. The Hall–Kier alpha value is -3.92. The van der Waals surface area contributed by atoms with Crippen LogP contribution in [-0.2, 0) is 16.1 Å². The van der Waals surface area contributed by atoms with Crippen LogP contribution in [0.15, 0.2) is 42.6 Å². The molecule has 4 heterocycles. The van der Waals surface area contributed by atoms with Crippen LogP contribution in [0.1, 0.15) is 18.4 Å². The average Bonchev–Trinajstić information content (AvgIpc) is 2.87. The number of nitrogens with one attached hydrogen (secondary N) is 3. The molecule has 0 spiro atoms. The first kappa shape index (κ1) is 21.9. The number of methoxy groups -OCH3 is 1. The highest BCUT2D eigenvalue weighted by molar-refractivity contribution is 6.03. The highest BCUT2D eigenvalue weighted by Crippen LogP contribution is 2.30. The van der Waals surface area contributed by atoms with Gasteiger partial charge < -0.3 is 30.2 Å². The van der Waals surface area contributed by atoms with E-state index >= 15 is 0 Å². The molecule has 2 atom stereocenters. The summed E-state index contributed by atoms with van der Waals surface area (Å²) in [6.45, 7) is 1.57. The second-order valence-corrected chi connectivity index (χ2v) is 8.12. The van der Waals surface area contributed by atoms with Gasteiger partial charge in [0.1, 0.15) is 24.8 Å². The van der Waals surface area contributed by atoms with Gasteiger partial charge in [-0.25, -0.2) is 4.98 Å². The second-order valence-electron chi connectivity index (χ2n) is 8.12. The third-order valence-electron chi connectivity index (χ3n) is 5.88. The van der Waals surface area contributed by atoms with Crippen molar-refractivity contribution in [1.29, 1.82) is 0 Å². The molecular weight excluding hydrogens is 438 g/mol. The summed E-state index contributed by atoms with van der Waals surface area (Å²) in [4.78, 5) is 34.2. The smallest absolute Gasteiger partial charge is 0.247 e. The van der Waals surface area contributed by atoms with Crippen molar-refractivity contribution in [3.8, 4) is 17.4 Å². The molecule has 10 heteroatoms. The van der Waals surface area contributed by atoms with Gasteiger partial charge in [0, 0.05) is 18.8 Å². The zero-order valence-corrected chi connectivity index (χ0v) is 18.7. The Labute approximate surface area is 196 Å². The van der Waals surface area contributed by atoms with E-state index in [0.29, 0.717) is 61.0 Å². The van der Waals surface area contributed by atoms with Gasteiger partial charge in [0.15, 0.2) is 11.5 Å². The molecule has 2 aromatic heterocycles. The van der Waals surface area contributed by atoms with Crippen LogP contribution in [-0.4, -0.2) is 54.2 Å². The molecule has 10 nitrogen and oxygen atoms in total. The Bertz CT molecular complexity index is 1230. The molecule has 0 aliphatic carbocycles. The molecule has 0 unspecified atom stereocenters. The largest absolute Gasteiger partial charge is 0.486 e. The summed E-state index contributed by atoms with van der Waals surface area (Å²) in [5.41, 5.74) is 2.66. The van der Waals surface area contributed by atoms with E-state index in [1.54, 1.807) is 24.4 Å². The van der Waals surface area contributed by atoms with Gasteiger partial charge in [0.25, 0.3) is 0 Å². The molecule has 0 radical (unpaired) electrons. The zero-order valence-electron chi connectivity index (χ0n) is 18.7. The van der Waals surface area contributed by atoms with E-state index in [4.69, 9.17) is 14.2 Å². The predicted molar refractivity (Wildman–Crippen MR) is 124 cm³/mol. The van der Waals surface area contributed by atoms with Crippen LogP contribution < -0.4 is 30.2 Å². The maximum absolute atomic E-state index is 12.9. The molecule has 176 valence electrons. The van der Waals surface area contributed by atoms with Crippen LogP contribution in [0.3, 0.4) is 0 Å². The summed E-state index contributed by atoms with van der Waals surface area (Å²) in [7, 11) is 1.53. The summed E-state index contributed by atoms with van der Waals surface area (Å²) < 4.78 is 16.3. The molecule has 2 amide bonds. The highest BCUT2D eigenvalue weighted by Gasteiger charge is 2.31. The van der Waals surface area contributed by atoms with Gasteiger partial charge in [-0.1, -0.05) is 6.07 Å². The third kappa shape index (κ3) is 4.58. The van der Waals surface area contributed by atoms with Crippen molar-refractivity contribution in [2.24, 2.45) is 0 Å². The number of hydrogen-bond donors (Lipinski definition) is 3. The van der Waals surface area contributed by atoms with Crippen molar-refractivity contribution in [2.45, 2.75) is 31.5 Å². The molecule has 34 heavy (non-hydrogen) atoms. The van der Waals surface area contributed by atoms with Gasteiger partial charge in [-0.15, -0.1) is 0 Å². The number of pyridine rings is 2. The number of aromatic nitrogens is 2. The lowest BCUT2D eigenvalue weighted by atomic mass is 9.99. The Kier molecular flexibility index (Phi) is 6.13. The van der Waals surface area contributed by atoms with E-state index in [1.807, 2.05) is 18.2 Å². The lowest BCUT2D eigenvalue weighted by Gasteiger charge is -2.29. The van der Waals surface area contributed by atoms with Gasteiger partial charge in [-0.2, -0.15) is 0 Å². The van der Waals surface area contributed by atoms with Gasteiger partial charge in [-0.3, -0.25) is 14.6 Å². The number of nitrogens with zero attached hydrogens (tertiary/aromatic N) is 2. The summed E-state index contributed by atoms with van der Waals surface area (Å²) >= 11 is 0. The van der Waals surface area contributed by atoms with Crippen LogP contribution in [0.5, 0.6) is 17.4 Å². The number of hydrogen-bond acceptors (Lipinski definition) is 8. The highest BCUT2D eigenvalue weighted by atomic mass is 16.6. The molecule has 0 bridgehead atoms. The van der Waals surface area contributed by atoms with Crippen LogP contribution in [0.25, 0.3) is 11.0 Å². The quantitative estimate of drug-likeness (QED) is 0.506. The normalized spacial score (nSPS) is 19.4. The summed E-state index contributed by atoms with van der Waals surface area (Å²) in [6, 6.07) is 9.88. The van der Waals surface area contributed by atoms with E-state index in [2.05, 4.69) is 25.9 Å². The Morgan fingerprint density at radius 2 is 2.00 bits per heavy atom. The van der Waals surface area contributed by atoms with E-state index < -0.39 is 6.04 Å². The topological polar surface area (TPSA) is 124 Å². The zero-order chi connectivity index (χ0) is 23.5. The van der Waals surface area contributed by atoms with Crippen LogP contribution >= 0.6 is 0 Å². The molecule has 3 N–H and O–H groups in total. The number of amides is 2. The monoisotopic (exact) mass is 463 g/mol.